The number of rotatable bonds is 1. The summed E-state index contributed by atoms with van der Waals surface area (Å²) in [5.41, 5.74) is 0.0447. The first-order chi connectivity index (χ1) is 4.51. The second-order valence-electron chi connectivity index (χ2n) is 3.51. The van der Waals surface area contributed by atoms with Gasteiger partial charge in [0.2, 0.25) is 0 Å². The zero-order chi connectivity index (χ0) is 7.78. The molecule has 1 N–H and O–H groups in total. The molecule has 1 aliphatic rings. The van der Waals surface area contributed by atoms with Gasteiger partial charge in [0.05, 0.1) is 6.61 Å². The molecule has 0 amide bonds. The normalized spacial score (nSPS) is 30.4. The first-order valence-electron chi connectivity index (χ1n) is 3.36. The maximum Gasteiger partial charge on any atom is 0.332 e. The Labute approximate surface area is 60.0 Å². The molecule has 10 heavy (non-hydrogen) atoms. The molecule has 1 heterocycles. The van der Waals surface area contributed by atoms with E-state index in [2.05, 4.69) is 0 Å². The summed E-state index contributed by atoms with van der Waals surface area (Å²) in [4.78, 5) is 10.4. The average Bonchev–Trinajstić information content (AvgIpc) is 2.10. The van der Waals surface area contributed by atoms with Crippen LogP contribution >= 0.6 is 0 Å². The van der Waals surface area contributed by atoms with E-state index < -0.39 is 12.1 Å². The smallest absolute Gasteiger partial charge is 0.332 e. The minimum atomic E-state index is -0.842. The molecule has 0 spiro atoms. The van der Waals surface area contributed by atoms with E-state index in [1.54, 1.807) is 0 Å². The van der Waals surface area contributed by atoms with Crippen molar-refractivity contribution >= 4 is 5.97 Å². The van der Waals surface area contributed by atoms with Crippen LogP contribution in [0.4, 0.5) is 0 Å². The summed E-state index contributed by atoms with van der Waals surface area (Å²) in [5, 5.41) is 8.52. The summed E-state index contributed by atoms with van der Waals surface area (Å²) < 4.78 is 5.03. The van der Waals surface area contributed by atoms with E-state index in [-0.39, 0.29) is 5.41 Å². The number of ether oxygens (including phenoxy) is 1. The molecule has 0 radical (unpaired) electrons. The number of carboxylic acid groups (broad SMARTS) is 1. The molecule has 0 aromatic rings. The molecule has 3 heteroatoms. The molecule has 1 fully saturated rings. The fraction of sp³-hybridized carbons (Fsp3) is 0.857. The lowest BCUT2D eigenvalue weighted by molar-refractivity contribution is -0.147. The molecule has 0 aromatic heterocycles. The van der Waals surface area contributed by atoms with Crippen LogP contribution in [0.5, 0.6) is 0 Å². The van der Waals surface area contributed by atoms with Gasteiger partial charge in [0, 0.05) is 0 Å². The Kier molecular flexibility index (Phi) is 1.68. The SMILES string of the molecule is CC1(C)COC(C(=O)O)C1. The molecule has 1 atom stereocenters. The molecule has 1 unspecified atom stereocenters. The molecule has 1 saturated heterocycles. The van der Waals surface area contributed by atoms with Gasteiger partial charge in [0.15, 0.2) is 6.10 Å². The average molecular weight is 144 g/mol. The largest absolute Gasteiger partial charge is 0.479 e. The van der Waals surface area contributed by atoms with Gasteiger partial charge in [-0.3, -0.25) is 0 Å². The zero-order valence-electron chi connectivity index (χ0n) is 6.26. The van der Waals surface area contributed by atoms with Crippen LogP contribution in [-0.2, 0) is 9.53 Å². The molecule has 58 valence electrons. The summed E-state index contributed by atoms with van der Waals surface area (Å²) in [6.45, 7) is 4.58. The van der Waals surface area contributed by atoms with E-state index in [0.29, 0.717) is 13.0 Å². The van der Waals surface area contributed by atoms with E-state index in [4.69, 9.17) is 9.84 Å². The molecule has 3 nitrogen and oxygen atoms in total. The lowest BCUT2D eigenvalue weighted by Gasteiger charge is -2.11. The molecule has 1 aliphatic heterocycles. The second-order valence-corrected chi connectivity index (χ2v) is 3.51. The summed E-state index contributed by atoms with van der Waals surface area (Å²) in [5.74, 6) is -0.842. The van der Waals surface area contributed by atoms with Crippen molar-refractivity contribution in [2.75, 3.05) is 6.61 Å². The van der Waals surface area contributed by atoms with E-state index in [1.807, 2.05) is 13.8 Å². The Bertz CT molecular complexity index is 151. The summed E-state index contributed by atoms with van der Waals surface area (Å²) in [6, 6.07) is 0. The molecule has 1 rings (SSSR count). The topological polar surface area (TPSA) is 46.5 Å². The van der Waals surface area contributed by atoms with Crippen LogP contribution in [0.3, 0.4) is 0 Å². The molecule has 0 aliphatic carbocycles. The number of hydrogen-bond donors (Lipinski definition) is 1. The van der Waals surface area contributed by atoms with Crippen molar-refractivity contribution in [1.82, 2.24) is 0 Å². The Morgan fingerprint density at radius 1 is 1.70 bits per heavy atom. The number of carbonyl (C=O) groups is 1. The van der Waals surface area contributed by atoms with E-state index in [0.717, 1.165) is 0 Å². The van der Waals surface area contributed by atoms with Gasteiger partial charge in [0.25, 0.3) is 0 Å². The molecule has 0 saturated carbocycles. The van der Waals surface area contributed by atoms with Gasteiger partial charge < -0.3 is 9.84 Å². The van der Waals surface area contributed by atoms with Crippen LogP contribution in [0.2, 0.25) is 0 Å². The van der Waals surface area contributed by atoms with Crippen molar-refractivity contribution in [2.24, 2.45) is 5.41 Å². The van der Waals surface area contributed by atoms with Gasteiger partial charge >= 0.3 is 5.97 Å². The Morgan fingerprint density at radius 2 is 2.30 bits per heavy atom. The van der Waals surface area contributed by atoms with Crippen LogP contribution in [0.25, 0.3) is 0 Å². The highest BCUT2D eigenvalue weighted by atomic mass is 16.5. The van der Waals surface area contributed by atoms with E-state index in [1.165, 1.54) is 0 Å². The lowest BCUT2D eigenvalue weighted by atomic mass is 9.91. The third kappa shape index (κ3) is 1.48. The summed E-state index contributed by atoms with van der Waals surface area (Å²) >= 11 is 0. The van der Waals surface area contributed by atoms with Gasteiger partial charge in [-0.05, 0) is 11.8 Å². The second kappa shape index (κ2) is 2.23. The first-order valence-corrected chi connectivity index (χ1v) is 3.36. The summed E-state index contributed by atoms with van der Waals surface area (Å²) in [6.07, 6.45) is 0.0532. The van der Waals surface area contributed by atoms with E-state index in [9.17, 15) is 4.79 Å². The van der Waals surface area contributed by atoms with Gasteiger partial charge in [-0.25, -0.2) is 4.79 Å². The highest BCUT2D eigenvalue weighted by Gasteiger charge is 2.35. The number of hydrogen-bond acceptors (Lipinski definition) is 2. The summed E-state index contributed by atoms with van der Waals surface area (Å²) in [7, 11) is 0. The monoisotopic (exact) mass is 144 g/mol. The minimum Gasteiger partial charge on any atom is -0.479 e. The zero-order valence-corrected chi connectivity index (χ0v) is 6.26. The maximum atomic E-state index is 10.4. The van der Waals surface area contributed by atoms with Crippen molar-refractivity contribution in [3.8, 4) is 0 Å². The molecular formula is C7H12O3. The van der Waals surface area contributed by atoms with Crippen molar-refractivity contribution in [3.63, 3.8) is 0 Å². The number of carboxylic acids is 1. The minimum absolute atomic E-state index is 0.0447. The van der Waals surface area contributed by atoms with Crippen molar-refractivity contribution < 1.29 is 14.6 Å². The van der Waals surface area contributed by atoms with Crippen molar-refractivity contribution in [2.45, 2.75) is 26.4 Å². The van der Waals surface area contributed by atoms with Gasteiger partial charge in [0.1, 0.15) is 0 Å². The lowest BCUT2D eigenvalue weighted by Crippen LogP contribution is -2.19. The maximum absolute atomic E-state index is 10.4. The third-order valence-electron chi connectivity index (χ3n) is 1.69. The Hall–Kier alpha value is -0.570. The third-order valence-corrected chi connectivity index (χ3v) is 1.69. The predicted octanol–water partition coefficient (Wildman–Crippen LogP) is 0.886. The molecule has 0 bridgehead atoms. The van der Waals surface area contributed by atoms with Gasteiger partial charge in [-0.2, -0.15) is 0 Å². The fourth-order valence-corrected chi connectivity index (χ4v) is 1.10. The van der Waals surface area contributed by atoms with Crippen molar-refractivity contribution in [1.29, 1.82) is 0 Å². The highest BCUT2D eigenvalue weighted by molar-refractivity contribution is 5.72. The molecule has 0 aromatic carbocycles. The predicted molar refractivity (Wildman–Crippen MR) is 35.8 cm³/mol. The van der Waals surface area contributed by atoms with Crippen LogP contribution < -0.4 is 0 Å². The van der Waals surface area contributed by atoms with E-state index >= 15 is 0 Å². The Morgan fingerprint density at radius 3 is 2.50 bits per heavy atom. The van der Waals surface area contributed by atoms with Gasteiger partial charge in [-0.15, -0.1) is 0 Å². The standard InChI is InChI=1S/C7H12O3/c1-7(2)3-5(6(8)9)10-4-7/h5H,3-4H2,1-2H3,(H,8,9). The first kappa shape index (κ1) is 7.54. The van der Waals surface area contributed by atoms with Crippen LogP contribution in [-0.4, -0.2) is 23.8 Å². The molecular weight excluding hydrogens is 132 g/mol. The van der Waals surface area contributed by atoms with Crippen molar-refractivity contribution in [3.05, 3.63) is 0 Å². The Balaban J connectivity index is 2.51. The van der Waals surface area contributed by atoms with Crippen LogP contribution in [0.1, 0.15) is 20.3 Å². The highest BCUT2D eigenvalue weighted by Crippen LogP contribution is 2.31. The van der Waals surface area contributed by atoms with Crippen LogP contribution in [0.15, 0.2) is 0 Å². The van der Waals surface area contributed by atoms with Gasteiger partial charge in [-0.1, -0.05) is 13.8 Å². The fourth-order valence-electron chi connectivity index (χ4n) is 1.10. The van der Waals surface area contributed by atoms with Crippen LogP contribution in [0, 0.1) is 5.41 Å². The quantitative estimate of drug-likeness (QED) is 0.594. The number of aliphatic carboxylic acids is 1.